The average Bonchev–Trinajstić information content (AvgIpc) is 3.38. The molecule has 0 aliphatic rings. The van der Waals surface area contributed by atoms with E-state index in [0.29, 0.717) is 33.6 Å². The predicted octanol–water partition coefficient (Wildman–Crippen LogP) is 7.24. The smallest absolute Gasteiger partial charge is 0.418 e. The zero-order valence-corrected chi connectivity index (χ0v) is 23.7. The van der Waals surface area contributed by atoms with Crippen molar-refractivity contribution in [3.63, 3.8) is 0 Å². The molecule has 0 aliphatic carbocycles. The molecule has 2 heterocycles. The molecule has 0 spiro atoms. The second-order valence-corrected chi connectivity index (χ2v) is 10.9. The van der Waals surface area contributed by atoms with Crippen LogP contribution in [-0.2, 0) is 10.9 Å². The van der Waals surface area contributed by atoms with Gasteiger partial charge in [0, 0.05) is 22.1 Å². The summed E-state index contributed by atoms with van der Waals surface area (Å²) >= 11 is 3.24. The number of oxazole rings is 1. The number of nitrogens with zero attached hydrogens (tertiary/aromatic N) is 4. The summed E-state index contributed by atoms with van der Waals surface area (Å²) < 4.78 is 54.7. The molecule has 39 heavy (non-hydrogen) atoms. The number of anilines is 1. The number of ether oxygens (including phenoxy) is 1. The third kappa shape index (κ3) is 6.59. The Balaban J connectivity index is 1.99. The maximum absolute atomic E-state index is 14.1. The lowest BCUT2D eigenvalue weighted by molar-refractivity contribution is -0.137. The Bertz CT molecular complexity index is 1530. The van der Waals surface area contributed by atoms with E-state index < -0.39 is 22.9 Å². The third-order valence-corrected chi connectivity index (χ3v) is 6.35. The highest BCUT2D eigenvalue weighted by Gasteiger charge is 2.35. The quantitative estimate of drug-likeness (QED) is 0.207. The molecule has 7 nitrogen and oxygen atoms in total. The van der Waals surface area contributed by atoms with Crippen LogP contribution in [-0.4, -0.2) is 33.6 Å². The Hall–Kier alpha value is -3.44. The maximum Gasteiger partial charge on any atom is 0.418 e. The zero-order valence-electron chi connectivity index (χ0n) is 22.1. The van der Waals surface area contributed by atoms with Crippen molar-refractivity contribution in [1.29, 1.82) is 0 Å². The number of benzene rings is 2. The molecule has 0 bridgehead atoms. The van der Waals surface area contributed by atoms with E-state index in [1.807, 2.05) is 46.8 Å². The van der Waals surface area contributed by atoms with Crippen LogP contribution in [0.15, 0.2) is 68.7 Å². The van der Waals surface area contributed by atoms with Crippen molar-refractivity contribution in [3.05, 3.63) is 81.0 Å². The van der Waals surface area contributed by atoms with Crippen molar-refractivity contribution < 1.29 is 22.3 Å². The van der Waals surface area contributed by atoms with Gasteiger partial charge in [-0.15, -0.1) is 0 Å². The minimum absolute atomic E-state index is 0.0560. The standard InChI is InChI=1S/C28H28BrF3N4O3/c1-6-35(16-39-27(3,4)5)24-13-22(18-9-17(2)10-19(11-18)25-14-33-15-38-25)34-36(26(24)37)23-12-20(29)7-8-21(23)28(30,31)32/h7-15H,6,16H2,1-5H3. The predicted molar refractivity (Wildman–Crippen MR) is 147 cm³/mol. The normalized spacial score (nSPS) is 12.1. The van der Waals surface area contributed by atoms with Gasteiger partial charge < -0.3 is 14.1 Å². The number of halogens is 4. The summed E-state index contributed by atoms with van der Waals surface area (Å²) in [6.45, 7) is 9.79. The Morgan fingerprint density at radius 3 is 2.41 bits per heavy atom. The summed E-state index contributed by atoms with van der Waals surface area (Å²) in [7, 11) is 0. The molecule has 206 valence electrons. The molecule has 0 aliphatic heterocycles. The number of hydrogen-bond acceptors (Lipinski definition) is 6. The first kappa shape index (κ1) is 28.6. The lowest BCUT2D eigenvalue weighted by Gasteiger charge is -2.28. The van der Waals surface area contributed by atoms with E-state index in [-0.39, 0.29) is 18.1 Å². The van der Waals surface area contributed by atoms with Crippen LogP contribution < -0.4 is 10.5 Å². The summed E-state index contributed by atoms with van der Waals surface area (Å²) in [5.74, 6) is 0.522. The molecule has 2 aromatic heterocycles. The van der Waals surface area contributed by atoms with E-state index >= 15 is 0 Å². The molecule has 0 radical (unpaired) electrons. The fourth-order valence-corrected chi connectivity index (χ4v) is 4.32. The lowest BCUT2D eigenvalue weighted by atomic mass is 10.0. The van der Waals surface area contributed by atoms with E-state index in [9.17, 15) is 18.0 Å². The number of rotatable bonds is 7. The first-order valence-corrected chi connectivity index (χ1v) is 13.0. The van der Waals surface area contributed by atoms with Crippen molar-refractivity contribution in [2.45, 2.75) is 46.4 Å². The first-order chi connectivity index (χ1) is 18.3. The van der Waals surface area contributed by atoms with Crippen LogP contribution in [0.2, 0.25) is 0 Å². The summed E-state index contributed by atoms with van der Waals surface area (Å²) in [6, 6.07) is 10.6. The highest BCUT2D eigenvalue weighted by atomic mass is 79.9. The second-order valence-electron chi connectivity index (χ2n) is 9.99. The Morgan fingerprint density at radius 2 is 1.79 bits per heavy atom. The highest BCUT2D eigenvalue weighted by Crippen LogP contribution is 2.36. The van der Waals surface area contributed by atoms with Gasteiger partial charge in [-0.2, -0.15) is 23.0 Å². The van der Waals surface area contributed by atoms with Crippen molar-refractivity contribution in [1.82, 2.24) is 14.8 Å². The fraction of sp³-hybridized carbons (Fsp3) is 0.321. The Morgan fingerprint density at radius 1 is 1.08 bits per heavy atom. The Kier molecular flexibility index (Phi) is 8.04. The van der Waals surface area contributed by atoms with Gasteiger partial charge in [0.1, 0.15) is 12.4 Å². The average molecular weight is 605 g/mol. The summed E-state index contributed by atoms with van der Waals surface area (Å²) in [4.78, 5) is 19.4. The van der Waals surface area contributed by atoms with Crippen LogP contribution in [0, 0.1) is 6.92 Å². The molecule has 2 aromatic carbocycles. The minimum atomic E-state index is -4.71. The molecular weight excluding hydrogens is 577 g/mol. The van der Waals surface area contributed by atoms with Crippen LogP contribution in [0.5, 0.6) is 0 Å². The topological polar surface area (TPSA) is 73.4 Å². The maximum atomic E-state index is 14.1. The van der Waals surface area contributed by atoms with Crippen LogP contribution in [0.3, 0.4) is 0 Å². The van der Waals surface area contributed by atoms with Crippen molar-refractivity contribution in [2.24, 2.45) is 0 Å². The van der Waals surface area contributed by atoms with Gasteiger partial charge in [-0.05, 0) is 82.6 Å². The van der Waals surface area contributed by atoms with Gasteiger partial charge in [0.05, 0.1) is 28.7 Å². The molecule has 0 amide bonds. The van der Waals surface area contributed by atoms with Crippen molar-refractivity contribution in [2.75, 3.05) is 18.2 Å². The zero-order chi connectivity index (χ0) is 28.5. The first-order valence-electron chi connectivity index (χ1n) is 12.2. The molecule has 0 fully saturated rings. The molecular formula is C28H28BrF3N4O3. The third-order valence-electron chi connectivity index (χ3n) is 5.85. The number of aryl methyl sites for hydroxylation is 1. The molecule has 4 aromatic rings. The van der Waals surface area contributed by atoms with Crippen LogP contribution in [0.25, 0.3) is 28.3 Å². The van der Waals surface area contributed by atoms with Gasteiger partial charge in [0.15, 0.2) is 12.2 Å². The fourth-order valence-electron chi connectivity index (χ4n) is 3.97. The lowest BCUT2D eigenvalue weighted by Crippen LogP contribution is -2.37. The van der Waals surface area contributed by atoms with Gasteiger partial charge in [0.25, 0.3) is 5.56 Å². The number of alkyl halides is 3. The van der Waals surface area contributed by atoms with Gasteiger partial charge in [-0.25, -0.2) is 4.98 Å². The molecule has 11 heteroatoms. The monoisotopic (exact) mass is 604 g/mol. The van der Waals surface area contributed by atoms with E-state index in [4.69, 9.17) is 9.15 Å². The van der Waals surface area contributed by atoms with E-state index in [1.165, 1.54) is 18.5 Å². The van der Waals surface area contributed by atoms with Gasteiger partial charge in [0.2, 0.25) is 0 Å². The van der Waals surface area contributed by atoms with Crippen LogP contribution in [0.1, 0.15) is 38.8 Å². The highest BCUT2D eigenvalue weighted by molar-refractivity contribution is 9.10. The SMILES string of the molecule is CCN(COC(C)(C)C)c1cc(-c2cc(C)cc(-c3cnco3)c2)nn(-c2cc(Br)ccc2C(F)(F)F)c1=O. The Labute approximate surface area is 232 Å². The molecule has 0 saturated carbocycles. The summed E-state index contributed by atoms with van der Waals surface area (Å²) in [6.07, 6.45) is -1.83. The van der Waals surface area contributed by atoms with E-state index in [1.54, 1.807) is 23.2 Å². The van der Waals surface area contributed by atoms with Crippen LogP contribution in [0.4, 0.5) is 18.9 Å². The van der Waals surface area contributed by atoms with E-state index in [0.717, 1.165) is 16.3 Å². The molecule has 0 atom stereocenters. The number of aromatic nitrogens is 3. The second kappa shape index (κ2) is 11.0. The molecule has 0 N–H and O–H groups in total. The molecule has 4 rings (SSSR count). The largest absolute Gasteiger partial charge is 0.444 e. The van der Waals surface area contributed by atoms with Crippen molar-refractivity contribution >= 4 is 21.6 Å². The molecule has 0 unspecified atom stereocenters. The minimum Gasteiger partial charge on any atom is -0.444 e. The van der Waals surface area contributed by atoms with E-state index in [2.05, 4.69) is 26.0 Å². The van der Waals surface area contributed by atoms with Crippen molar-refractivity contribution in [3.8, 4) is 28.3 Å². The summed E-state index contributed by atoms with van der Waals surface area (Å²) in [5, 5.41) is 4.45. The van der Waals surface area contributed by atoms with Gasteiger partial charge >= 0.3 is 6.18 Å². The molecule has 0 saturated heterocycles. The van der Waals surface area contributed by atoms with Crippen LogP contribution >= 0.6 is 15.9 Å². The number of hydrogen-bond donors (Lipinski definition) is 0. The van der Waals surface area contributed by atoms with Gasteiger partial charge in [-0.3, -0.25) is 4.79 Å². The summed E-state index contributed by atoms with van der Waals surface area (Å²) in [5.41, 5.74) is 0.0483. The van der Waals surface area contributed by atoms with Gasteiger partial charge in [-0.1, -0.05) is 15.9 Å².